The quantitative estimate of drug-likeness (QED) is 0.730. The molecule has 1 aromatic rings. The molecule has 0 saturated carbocycles. The molecule has 0 spiro atoms. The van der Waals surface area contributed by atoms with E-state index in [1.807, 2.05) is 0 Å². The summed E-state index contributed by atoms with van der Waals surface area (Å²) in [7, 11) is 0. The standard InChI is InChI=1S/C9H14N2OS/c1-4-6-10-11-8(13-6)7-9(2,3)5-12-7/h7H,4-5H2,1-3H3. The Morgan fingerprint density at radius 2 is 2.31 bits per heavy atom. The Labute approximate surface area is 82.1 Å². The van der Waals surface area contributed by atoms with E-state index >= 15 is 0 Å². The molecule has 0 aromatic carbocycles. The molecule has 1 fully saturated rings. The van der Waals surface area contributed by atoms with Gasteiger partial charge in [0.05, 0.1) is 6.61 Å². The summed E-state index contributed by atoms with van der Waals surface area (Å²) in [4.78, 5) is 0. The number of hydrogen-bond donors (Lipinski definition) is 0. The van der Waals surface area contributed by atoms with Crippen molar-refractivity contribution in [2.75, 3.05) is 6.61 Å². The normalized spacial score (nSPS) is 25.6. The molecular formula is C9H14N2OS. The summed E-state index contributed by atoms with van der Waals surface area (Å²) in [6.07, 6.45) is 1.13. The van der Waals surface area contributed by atoms with Crippen molar-refractivity contribution in [3.63, 3.8) is 0 Å². The molecule has 1 atom stereocenters. The zero-order valence-electron chi connectivity index (χ0n) is 8.20. The highest BCUT2D eigenvalue weighted by molar-refractivity contribution is 7.11. The van der Waals surface area contributed by atoms with Gasteiger partial charge in [-0.15, -0.1) is 10.2 Å². The minimum absolute atomic E-state index is 0.172. The van der Waals surface area contributed by atoms with E-state index in [0.717, 1.165) is 23.0 Å². The van der Waals surface area contributed by atoms with Crippen LogP contribution in [0.1, 0.15) is 36.9 Å². The van der Waals surface area contributed by atoms with Crippen LogP contribution in [-0.4, -0.2) is 16.8 Å². The second-order valence-corrected chi connectivity index (χ2v) is 5.16. The van der Waals surface area contributed by atoms with Gasteiger partial charge in [-0.1, -0.05) is 32.1 Å². The highest BCUT2D eigenvalue weighted by atomic mass is 32.1. The van der Waals surface area contributed by atoms with E-state index in [0.29, 0.717) is 0 Å². The second-order valence-electron chi connectivity index (χ2n) is 4.07. The molecule has 0 aliphatic carbocycles. The summed E-state index contributed by atoms with van der Waals surface area (Å²) < 4.78 is 5.50. The van der Waals surface area contributed by atoms with Gasteiger partial charge in [0.1, 0.15) is 16.1 Å². The second kappa shape index (κ2) is 3.03. The number of rotatable bonds is 2. The molecular weight excluding hydrogens is 184 g/mol. The number of aryl methyl sites for hydroxylation is 1. The van der Waals surface area contributed by atoms with Crippen molar-refractivity contribution in [1.29, 1.82) is 0 Å². The van der Waals surface area contributed by atoms with Crippen LogP contribution in [0, 0.1) is 5.41 Å². The summed E-state index contributed by atoms with van der Waals surface area (Å²) in [6, 6.07) is 0. The Bertz CT molecular complexity index is 308. The third-order valence-electron chi connectivity index (χ3n) is 2.34. The molecule has 0 N–H and O–H groups in total. The maximum Gasteiger partial charge on any atom is 0.147 e. The fourth-order valence-electron chi connectivity index (χ4n) is 1.42. The van der Waals surface area contributed by atoms with E-state index < -0.39 is 0 Å². The van der Waals surface area contributed by atoms with E-state index in [2.05, 4.69) is 31.0 Å². The van der Waals surface area contributed by atoms with Gasteiger partial charge in [-0.2, -0.15) is 0 Å². The first-order valence-corrected chi connectivity index (χ1v) is 5.39. The van der Waals surface area contributed by atoms with Crippen LogP contribution in [0.15, 0.2) is 0 Å². The predicted molar refractivity (Wildman–Crippen MR) is 51.8 cm³/mol. The van der Waals surface area contributed by atoms with Crippen LogP contribution in [0.4, 0.5) is 0 Å². The zero-order valence-corrected chi connectivity index (χ0v) is 9.02. The Kier molecular flexibility index (Phi) is 2.12. The molecule has 4 heteroatoms. The Morgan fingerprint density at radius 3 is 2.69 bits per heavy atom. The average Bonchev–Trinajstić information content (AvgIpc) is 2.51. The summed E-state index contributed by atoms with van der Waals surface area (Å²) in [5.41, 5.74) is 0.241. The lowest BCUT2D eigenvalue weighted by molar-refractivity contribution is -0.172. The van der Waals surface area contributed by atoms with Crippen molar-refractivity contribution < 1.29 is 4.74 Å². The maximum absolute atomic E-state index is 5.50. The fraction of sp³-hybridized carbons (Fsp3) is 0.778. The van der Waals surface area contributed by atoms with Gasteiger partial charge in [-0.05, 0) is 6.42 Å². The smallest absolute Gasteiger partial charge is 0.147 e. The predicted octanol–water partition coefficient (Wildman–Crippen LogP) is 2.20. The zero-order chi connectivity index (χ0) is 9.47. The van der Waals surface area contributed by atoms with Gasteiger partial charge >= 0.3 is 0 Å². The summed E-state index contributed by atoms with van der Waals surface area (Å²) >= 11 is 1.67. The molecule has 1 aromatic heterocycles. The Balaban J connectivity index is 2.17. The van der Waals surface area contributed by atoms with Crippen molar-refractivity contribution in [1.82, 2.24) is 10.2 Å². The van der Waals surface area contributed by atoms with Crippen molar-refractivity contribution in [3.8, 4) is 0 Å². The van der Waals surface area contributed by atoms with Crippen LogP contribution in [0.5, 0.6) is 0 Å². The van der Waals surface area contributed by atoms with Crippen LogP contribution in [0.3, 0.4) is 0 Å². The van der Waals surface area contributed by atoms with Crippen molar-refractivity contribution in [3.05, 3.63) is 10.0 Å². The SMILES string of the molecule is CCc1nnc(C2OCC2(C)C)s1. The van der Waals surface area contributed by atoms with E-state index in [1.54, 1.807) is 11.3 Å². The first-order valence-electron chi connectivity index (χ1n) is 4.57. The number of hydrogen-bond acceptors (Lipinski definition) is 4. The summed E-state index contributed by atoms with van der Waals surface area (Å²) in [5.74, 6) is 0. The molecule has 0 radical (unpaired) electrons. The fourth-order valence-corrected chi connectivity index (χ4v) is 2.46. The first-order chi connectivity index (χ1) is 6.13. The van der Waals surface area contributed by atoms with E-state index in [-0.39, 0.29) is 11.5 Å². The first kappa shape index (κ1) is 9.09. The van der Waals surface area contributed by atoms with Gasteiger partial charge in [-0.25, -0.2) is 0 Å². The van der Waals surface area contributed by atoms with Crippen LogP contribution in [-0.2, 0) is 11.2 Å². The largest absolute Gasteiger partial charge is 0.370 e. The maximum atomic E-state index is 5.50. The molecule has 0 bridgehead atoms. The van der Waals surface area contributed by atoms with Crippen LogP contribution in [0.25, 0.3) is 0 Å². The molecule has 1 aliphatic heterocycles. The van der Waals surface area contributed by atoms with E-state index in [9.17, 15) is 0 Å². The summed E-state index contributed by atoms with van der Waals surface area (Å²) in [6.45, 7) is 7.33. The lowest BCUT2D eigenvalue weighted by atomic mass is 9.83. The minimum atomic E-state index is 0.172. The van der Waals surface area contributed by atoms with Gasteiger partial charge in [0.2, 0.25) is 0 Å². The number of aromatic nitrogens is 2. The van der Waals surface area contributed by atoms with Crippen LogP contribution < -0.4 is 0 Å². The van der Waals surface area contributed by atoms with Gasteiger partial charge in [0.15, 0.2) is 0 Å². The van der Waals surface area contributed by atoms with Crippen LogP contribution >= 0.6 is 11.3 Å². The lowest BCUT2D eigenvalue weighted by Gasteiger charge is -2.42. The molecule has 2 rings (SSSR count). The van der Waals surface area contributed by atoms with E-state index in [1.165, 1.54) is 0 Å². The van der Waals surface area contributed by atoms with Gasteiger partial charge in [-0.3, -0.25) is 0 Å². The highest BCUT2D eigenvalue weighted by Gasteiger charge is 2.43. The third kappa shape index (κ3) is 1.48. The highest BCUT2D eigenvalue weighted by Crippen LogP contribution is 2.46. The molecule has 1 aliphatic rings. The minimum Gasteiger partial charge on any atom is -0.370 e. The van der Waals surface area contributed by atoms with Gasteiger partial charge < -0.3 is 4.74 Å². The van der Waals surface area contributed by atoms with Crippen LogP contribution in [0.2, 0.25) is 0 Å². The third-order valence-corrected chi connectivity index (χ3v) is 3.45. The Morgan fingerprint density at radius 1 is 1.54 bits per heavy atom. The van der Waals surface area contributed by atoms with Crippen molar-refractivity contribution in [2.45, 2.75) is 33.3 Å². The van der Waals surface area contributed by atoms with E-state index in [4.69, 9.17) is 4.74 Å². The van der Waals surface area contributed by atoms with Gasteiger partial charge in [0.25, 0.3) is 0 Å². The molecule has 1 unspecified atom stereocenters. The molecule has 1 saturated heterocycles. The molecule has 0 amide bonds. The molecule has 2 heterocycles. The number of ether oxygens (including phenoxy) is 1. The van der Waals surface area contributed by atoms with Gasteiger partial charge in [0, 0.05) is 5.41 Å². The molecule has 72 valence electrons. The van der Waals surface area contributed by atoms with Crippen molar-refractivity contribution in [2.24, 2.45) is 5.41 Å². The topological polar surface area (TPSA) is 35.0 Å². The van der Waals surface area contributed by atoms with Crippen molar-refractivity contribution >= 4 is 11.3 Å². The Hall–Kier alpha value is -0.480. The lowest BCUT2D eigenvalue weighted by Crippen LogP contribution is -2.40. The summed E-state index contributed by atoms with van der Waals surface area (Å²) in [5, 5.41) is 10.4. The average molecular weight is 198 g/mol. The monoisotopic (exact) mass is 198 g/mol. The molecule has 3 nitrogen and oxygen atoms in total. The molecule has 13 heavy (non-hydrogen) atoms. The number of nitrogens with zero attached hydrogens (tertiary/aromatic N) is 2.